The molecule has 0 aliphatic carbocycles. The summed E-state index contributed by atoms with van der Waals surface area (Å²) in [5.41, 5.74) is -0.519. The molecule has 1 rings (SSSR count). The molecular formula is C4H7O3S-. The molecule has 0 spiro atoms. The first-order valence-electron chi connectivity index (χ1n) is 2.50. The molecule has 4 heteroatoms. The van der Waals surface area contributed by atoms with Crippen molar-refractivity contribution in [2.24, 2.45) is 0 Å². The van der Waals surface area contributed by atoms with E-state index in [0.717, 1.165) is 6.42 Å². The topological polar surface area (TPSA) is 49.4 Å². The van der Waals surface area contributed by atoms with Crippen LogP contribution in [0.25, 0.3) is 0 Å². The molecule has 0 N–H and O–H groups in total. The van der Waals surface area contributed by atoms with Gasteiger partial charge in [0.1, 0.15) is 5.44 Å². The van der Waals surface area contributed by atoms with Crippen molar-refractivity contribution < 1.29 is 13.5 Å². The van der Waals surface area contributed by atoms with E-state index in [1.807, 2.05) is 0 Å². The van der Waals surface area contributed by atoms with Crippen molar-refractivity contribution >= 4 is 11.1 Å². The third-order valence-corrected chi connectivity index (χ3v) is 1.90. The number of rotatable bonds is 1. The Morgan fingerprint density at radius 2 is 2.50 bits per heavy atom. The van der Waals surface area contributed by atoms with E-state index < -0.39 is 16.5 Å². The lowest BCUT2D eigenvalue weighted by molar-refractivity contribution is 0.163. The van der Waals surface area contributed by atoms with Crippen LogP contribution >= 0.6 is 0 Å². The van der Waals surface area contributed by atoms with Crippen LogP contribution in [-0.2, 0) is 15.8 Å². The van der Waals surface area contributed by atoms with Crippen molar-refractivity contribution in [1.82, 2.24) is 0 Å². The van der Waals surface area contributed by atoms with Crippen molar-refractivity contribution in [2.75, 3.05) is 6.61 Å². The van der Waals surface area contributed by atoms with Crippen molar-refractivity contribution in [3.63, 3.8) is 0 Å². The number of hydrogen-bond donors (Lipinski definition) is 0. The summed E-state index contributed by atoms with van der Waals surface area (Å²) in [6, 6.07) is 0. The summed E-state index contributed by atoms with van der Waals surface area (Å²) in [6.07, 6.45) is 1.54. The molecule has 0 aromatic carbocycles. The second kappa shape index (κ2) is 2.57. The van der Waals surface area contributed by atoms with Gasteiger partial charge in [-0.25, -0.2) is 0 Å². The molecule has 1 saturated heterocycles. The molecule has 1 aliphatic heterocycles. The van der Waals surface area contributed by atoms with Gasteiger partial charge in [-0.3, -0.25) is 4.21 Å². The van der Waals surface area contributed by atoms with Gasteiger partial charge < -0.3 is 9.29 Å². The van der Waals surface area contributed by atoms with Crippen LogP contribution in [0, 0.1) is 0 Å². The van der Waals surface area contributed by atoms with Gasteiger partial charge in [0.05, 0.1) is 0 Å². The van der Waals surface area contributed by atoms with Crippen LogP contribution < -0.4 is 0 Å². The molecule has 8 heavy (non-hydrogen) atoms. The highest BCUT2D eigenvalue weighted by molar-refractivity contribution is 7.79. The van der Waals surface area contributed by atoms with Gasteiger partial charge in [-0.15, -0.1) is 0 Å². The number of ether oxygens (including phenoxy) is 1. The zero-order valence-electron chi connectivity index (χ0n) is 4.33. The van der Waals surface area contributed by atoms with E-state index >= 15 is 0 Å². The van der Waals surface area contributed by atoms with E-state index in [0.29, 0.717) is 13.0 Å². The quantitative estimate of drug-likeness (QED) is 0.475. The Morgan fingerprint density at radius 1 is 1.75 bits per heavy atom. The van der Waals surface area contributed by atoms with Gasteiger partial charge >= 0.3 is 0 Å². The highest BCUT2D eigenvalue weighted by atomic mass is 32.2. The van der Waals surface area contributed by atoms with E-state index in [-0.39, 0.29) is 0 Å². The first-order chi connectivity index (χ1) is 3.80. The molecule has 1 aliphatic rings. The van der Waals surface area contributed by atoms with Gasteiger partial charge in [-0.2, -0.15) is 0 Å². The zero-order valence-corrected chi connectivity index (χ0v) is 5.15. The molecule has 0 bridgehead atoms. The molecular weight excluding hydrogens is 128 g/mol. The Kier molecular flexibility index (Phi) is 1.99. The Bertz CT molecular complexity index is 97.5. The van der Waals surface area contributed by atoms with Gasteiger partial charge in [0.2, 0.25) is 0 Å². The fourth-order valence-electron chi connectivity index (χ4n) is 0.700. The van der Waals surface area contributed by atoms with Crippen LogP contribution in [0.5, 0.6) is 0 Å². The summed E-state index contributed by atoms with van der Waals surface area (Å²) in [5, 5.41) is 0. The van der Waals surface area contributed by atoms with Crippen LogP contribution in [0.3, 0.4) is 0 Å². The first kappa shape index (κ1) is 6.19. The highest BCUT2D eigenvalue weighted by Crippen LogP contribution is 2.13. The maximum Gasteiger partial charge on any atom is 0.119 e. The van der Waals surface area contributed by atoms with Gasteiger partial charge in [-0.05, 0) is 23.9 Å². The second-order valence-electron chi connectivity index (χ2n) is 1.70. The molecule has 2 unspecified atom stereocenters. The maximum atomic E-state index is 10.1. The van der Waals surface area contributed by atoms with E-state index in [1.165, 1.54) is 0 Å². The van der Waals surface area contributed by atoms with Crippen molar-refractivity contribution in [2.45, 2.75) is 18.3 Å². The Labute approximate surface area is 50.3 Å². The van der Waals surface area contributed by atoms with E-state index in [2.05, 4.69) is 0 Å². The summed E-state index contributed by atoms with van der Waals surface area (Å²) in [6.45, 7) is 0.596. The summed E-state index contributed by atoms with van der Waals surface area (Å²) >= 11 is -2.01. The average Bonchev–Trinajstić information content (AvgIpc) is 2.12. The SMILES string of the molecule is O=S([O-])C1CCCO1. The molecule has 0 saturated carbocycles. The van der Waals surface area contributed by atoms with Gasteiger partial charge in [0.25, 0.3) is 0 Å². The third kappa shape index (κ3) is 1.27. The predicted octanol–water partition coefficient (Wildman–Crippen LogP) is 0.00200. The van der Waals surface area contributed by atoms with Crippen molar-refractivity contribution in [3.05, 3.63) is 0 Å². The Morgan fingerprint density at radius 3 is 2.75 bits per heavy atom. The maximum absolute atomic E-state index is 10.1. The lowest BCUT2D eigenvalue weighted by atomic mass is 10.4. The molecule has 2 atom stereocenters. The van der Waals surface area contributed by atoms with Crippen molar-refractivity contribution in [1.29, 1.82) is 0 Å². The van der Waals surface area contributed by atoms with Gasteiger partial charge in [-0.1, -0.05) is 0 Å². The normalized spacial score (nSPS) is 32.9. The fourth-order valence-corrected chi connectivity index (χ4v) is 1.27. The lowest BCUT2D eigenvalue weighted by Gasteiger charge is -2.10. The minimum absolute atomic E-state index is 0.519. The summed E-state index contributed by atoms with van der Waals surface area (Å²) in [7, 11) is 0. The molecule has 0 radical (unpaired) electrons. The third-order valence-electron chi connectivity index (χ3n) is 1.10. The van der Waals surface area contributed by atoms with Crippen LogP contribution in [0.15, 0.2) is 0 Å². The largest absolute Gasteiger partial charge is 0.770 e. The summed E-state index contributed by atoms with van der Waals surface area (Å²) in [5.74, 6) is 0. The molecule has 0 aromatic rings. The molecule has 0 amide bonds. The molecule has 0 aromatic heterocycles. The van der Waals surface area contributed by atoms with Crippen LogP contribution in [0.2, 0.25) is 0 Å². The minimum Gasteiger partial charge on any atom is -0.770 e. The second-order valence-corrected chi connectivity index (χ2v) is 2.75. The molecule has 1 heterocycles. The van der Waals surface area contributed by atoms with Gasteiger partial charge in [0, 0.05) is 6.61 Å². The Balaban J connectivity index is 2.35. The van der Waals surface area contributed by atoms with Gasteiger partial charge in [0.15, 0.2) is 0 Å². The van der Waals surface area contributed by atoms with E-state index in [4.69, 9.17) is 4.74 Å². The summed E-state index contributed by atoms with van der Waals surface area (Å²) in [4.78, 5) is 0. The highest BCUT2D eigenvalue weighted by Gasteiger charge is 2.14. The minimum atomic E-state index is -2.01. The van der Waals surface area contributed by atoms with Crippen LogP contribution in [0.1, 0.15) is 12.8 Å². The van der Waals surface area contributed by atoms with E-state index in [9.17, 15) is 8.76 Å². The first-order valence-corrected chi connectivity index (χ1v) is 3.64. The lowest BCUT2D eigenvalue weighted by Crippen LogP contribution is -2.11. The molecule has 3 nitrogen and oxygen atoms in total. The standard InChI is InChI=1S/C4H8O3S/c5-8(6)4-2-1-3-7-4/h4H,1-3H2,(H,5,6)/p-1. The van der Waals surface area contributed by atoms with Crippen LogP contribution in [0.4, 0.5) is 0 Å². The monoisotopic (exact) mass is 135 g/mol. The fraction of sp³-hybridized carbons (Fsp3) is 1.00. The van der Waals surface area contributed by atoms with Crippen LogP contribution in [-0.4, -0.2) is 20.8 Å². The smallest absolute Gasteiger partial charge is 0.119 e. The van der Waals surface area contributed by atoms with Crippen molar-refractivity contribution in [3.8, 4) is 0 Å². The number of hydrogen-bond acceptors (Lipinski definition) is 3. The predicted molar refractivity (Wildman–Crippen MR) is 27.9 cm³/mol. The Hall–Kier alpha value is 0.0700. The zero-order chi connectivity index (χ0) is 5.98. The van der Waals surface area contributed by atoms with E-state index in [1.54, 1.807) is 0 Å². The average molecular weight is 135 g/mol. The molecule has 1 fully saturated rings. The summed E-state index contributed by atoms with van der Waals surface area (Å²) < 4.78 is 25.0. The molecule has 48 valence electrons.